The van der Waals surface area contributed by atoms with Gasteiger partial charge in [-0.25, -0.2) is 68.5 Å². The number of carbonyl (C=O) groups excluding carboxylic acids is 1. The van der Waals surface area contributed by atoms with Crippen LogP contribution in [0.2, 0.25) is 15.1 Å². The Hall–Kier alpha value is -6.92. The Kier molecular flexibility index (Phi) is 27.5. The lowest BCUT2D eigenvalue weighted by Gasteiger charge is -2.29. The highest BCUT2D eigenvalue weighted by Crippen LogP contribution is 2.43. The predicted octanol–water partition coefficient (Wildman–Crippen LogP) is 13.0. The fourth-order valence-electron chi connectivity index (χ4n) is 14.3. The lowest BCUT2D eigenvalue weighted by Crippen LogP contribution is -2.41. The molecule has 2 saturated heterocycles. The second-order valence-electron chi connectivity index (χ2n) is 27.4. The molecule has 3 aliphatic carbocycles. The molecular formula is C74H90Cl3N13O13S6. The number of piperidine rings is 2. The minimum atomic E-state index is -3.69. The van der Waals surface area contributed by atoms with E-state index in [1.165, 1.54) is 39.9 Å². The topological polar surface area (TPSA) is 352 Å². The van der Waals surface area contributed by atoms with Crippen LogP contribution in [-0.4, -0.2) is 148 Å². The van der Waals surface area contributed by atoms with Gasteiger partial charge in [0.1, 0.15) is 83.9 Å². The summed E-state index contributed by atoms with van der Waals surface area (Å²) in [4.78, 5) is 57.8. The molecule has 7 N–H and O–H groups in total. The van der Waals surface area contributed by atoms with Gasteiger partial charge < -0.3 is 45.7 Å². The number of ether oxygens (including phenoxy) is 4. The number of carboxylic acids is 1. The Labute approximate surface area is 662 Å². The van der Waals surface area contributed by atoms with Crippen LogP contribution in [0.25, 0.3) is 30.6 Å². The summed E-state index contributed by atoms with van der Waals surface area (Å²) in [6.07, 6.45) is 14.8. The summed E-state index contributed by atoms with van der Waals surface area (Å²) in [6, 6.07) is 16.8. The van der Waals surface area contributed by atoms with Crippen molar-refractivity contribution >= 4 is 159 Å². The average Bonchev–Trinajstić information content (AvgIpc) is 1.64. The molecule has 14 rings (SSSR count). The number of nitrogens with zero attached hydrogens (tertiary/aromatic N) is 8. The van der Waals surface area contributed by atoms with Gasteiger partial charge >= 0.3 is 11.9 Å². The SMILES string of the molecule is CCOC(=O)C1CCN(S(=O)(=O)Cc2nc(NCc3ccc(OC)c(Cl)c3)c3c4c(sc3n2)CCCC4)CC1.COc1ccc(CNc2nc(CS(=O)(=O)N3CCC(C(=O)O)CC3)nc3sc4c(c23)CCCC4)cc1Cl.COc1ccc(CNc2nc(CS(=O)(=O)NCCCN)nc3sc4c(c23)CCCC4)cc1Cl. The van der Waals surface area contributed by atoms with Crippen LogP contribution in [0.5, 0.6) is 17.2 Å². The molecule has 8 heterocycles. The molecule has 0 bridgehead atoms. The first kappa shape index (κ1) is 81.6. The van der Waals surface area contributed by atoms with E-state index in [1.54, 1.807) is 62.3 Å². The van der Waals surface area contributed by atoms with Gasteiger partial charge in [-0.2, -0.15) is 0 Å². The molecule has 109 heavy (non-hydrogen) atoms. The van der Waals surface area contributed by atoms with Gasteiger partial charge in [0.15, 0.2) is 0 Å². The number of aliphatic carboxylic acids is 1. The normalized spacial score (nSPS) is 15.9. The molecule has 0 amide bonds. The number of benzene rings is 3. The van der Waals surface area contributed by atoms with Crippen molar-refractivity contribution in [3.8, 4) is 17.2 Å². The van der Waals surface area contributed by atoms with Crippen molar-refractivity contribution in [3.63, 3.8) is 0 Å². The summed E-state index contributed by atoms with van der Waals surface area (Å²) in [7, 11) is -6.19. The van der Waals surface area contributed by atoms with Crippen LogP contribution < -0.4 is 40.6 Å². The number of anilines is 3. The third-order valence-corrected chi connectivity index (χ3v) is 29.2. The number of aryl methyl sites for hydroxylation is 6. The molecule has 35 heteroatoms. The minimum absolute atomic E-state index is 0.193. The first-order chi connectivity index (χ1) is 52.4. The van der Waals surface area contributed by atoms with Crippen molar-refractivity contribution in [2.24, 2.45) is 17.6 Å². The van der Waals surface area contributed by atoms with E-state index >= 15 is 0 Å². The number of carbonyl (C=O) groups is 2. The molecule has 6 aromatic heterocycles. The van der Waals surface area contributed by atoms with Crippen molar-refractivity contribution in [3.05, 3.63) is 135 Å². The van der Waals surface area contributed by atoms with Crippen molar-refractivity contribution in [1.29, 1.82) is 0 Å². The number of rotatable bonds is 27. The fraction of sp³-hybridized carbons (Fsp3) is 0.486. The highest BCUT2D eigenvalue weighted by molar-refractivity contribution is 7.89. The van der Waals surface area contributed by atoms with Crippen LogP contribution in [-0.2, 0) is 120 Å². The highest BCUT2D eigenvalue weighted by Gasteiger charge is 2.36. The van der Waals surface area contributed by atoms with Crippen LogP contribution in [0, 0.1) is 11.8 Å². The summed E-state index contributed by atoms with van der Waals surface area (Å²) < 4.78 is 104. The van der Waals surface area contributed by atoms with E-state index in [1.807, 2.05) is 54.6 Å². The molecular weight excluding hydrogens is 1580 g/mol. The monoisotopic (exact) mass is 1670 g/mol. The quantitative estimate of drug-likeness (QED) is 0.0206. The maximum atomic E-state index is 13.4. The van der Waals surface area contributed by atoms with Crippen LogP contribution in [0.1, 0.15) is 143 Å². The molecule has 9 aromatic rings. The molecule has 0 saturated carbocycles. The van der Waals surface area contributed by atoms with Gasteiger partial charge in [0, 0.05) is 67.0 Å². The molecule has 0 atom stereocenters. The van der Waals surface area contributed by atoms with E-state index in [4.69, 9.17) is 74.4 Å². The van der Waals surface area contributed by atoms with E-state index in [0.29, 0.717) is 121 Å². The zero-order valence-electron chi connectivity index (χ0n) is 61.1. The Morgan fingerprint density at radius 1 is 0.523 bits per heavy atom. The van der Waals surface area contributed by atoms with Gasteiger partial charge in [-0.1, -0.05) is 53.0 Å². The fourth-order valence-corrected chi connectivity index (χ4v) is 22.8. The number of halogens is 3. The predicted molar refractivity (Wildman–Crippen MR) is 431 cm³/mol. The van der Waals surface area contributed by atoms with Crippen LogP contribution >= 0.6 is 68.8 Å². The molecule has 26 nitrogen and oxygen atoms in total. The largest absolute Gasteiger partial charge is 0.495 e. The van der Waals surface area contributed by atoms with E-state index in [9.17, 15) is 39.9 Å². The molecule has 2 fully saturated rings. The lowest BCUT2D eigenvalue weighted by atomic mass is 9.97. The Morgan fingerprint density at radius 3 is 1.20 bits per heavy atom. The average molecular weight is 1670 g/mol. The summed E-state index contributed by atoms with van der Waals surface area (Å²) in [5.41, 5.74) is 12.1. The number of hydrogen-bond acceptors (Lipinski definition) is 25. The number of sulfonamides is 3. The lowest BCUT2D eigenvalue weighted by molar-refractivity contribution is -0.149. The number of esters is 1. The molecule has 0 unspecified atom stereocenters. The number of nitrogens with two attached hydrogens (primary N) is 1. The standard InChI is InChI=1S/C27H33ClN4O5S2.C25H29ClN4O5S2.C22H28ClN5O3S2/c1-3-37-27(33)18-10-12-32(13-11-18)39(34,35)16-23-30-25(29-15-17-8-9-21(36-2)20(28)14-17)24-19-6-4-5-7-22(19)38-26(24)31-23;1-35-19-7-6-15(12-18(19)26)13-27-23-22-17-4-2-3-5-20(17)36-24(22)29-21(28-23)14-37(33,34)30-10-8-16(9-11-30)25(31)32;1-31-17-8-7-14(11-16(17)23)12-25-21-20-15-5-2-3-6-18(15)32-22(20)28-19(27-21)13-33(29,30)26-10-4-9-24/h8-9,14,18H,3-7,10-13,15-16H2,1-2H3,(H,29,30,31);6-7,12,16H,2-5,8-11,13-14H2,1H3,(H,31,32)(H,27,28,29);7-8,11,26H,2-6,9-10,12-13,24H2,1H3,(H,25,27,28). The second-order valence-corrected chi connectivity index (χ2v) is 37.6. The van der Waals surface area contributed by atoms with Crippen molar-refractivity contribution in [2.75, 3.05) is 83.2 Å². The van der Waals surface area contributed by atoms with Gasteiger partial charge in [-0.15, -0.1) is 34.0 Å². The molecule has 0 radical (unpaired) electrons. The number of hydrogen-bond donors (Lipinski definition) is 6. The number of aromatic nitrogens is 6. The number of methoxy groups -OCH3 is 3. The highest BCUT2D eigenvalue weighted by atomic mass is 35.5. The van der Waals surface area contributed by atoms with E-state index in [0.717, 1.165) is 124 Å². The van der Waals surface area contributed by atoms with Crippen molar-refractivity contribution in [2.45, 2.75) is 153 Å². The zero-order valence-corrected chi connectivity index (χ0v) is 68.3. The van der Waals surface area contributed by atoms with E-state index in [-0.39, 0.29) is 72.8 Å². The van der Waals surface area contributed by atoms with Crippen LogP contribution in [0.3, 0.4) is 0 Å². The van der Waals surface area contributed by atoms with Crippen molar-refractivity contribution < 1.29 is 58.9 Å². The van der Waals surface area contributed by atoms with E-state index < -0.39 is 42.0 Å². The third kappa shape index (κ3) is 20.1. The molecule has 586 valence electrons. The number of carboxylic acid groups (broad SMARTS) is 1. The van der Waals surface area contributed by atoms with Gasteiger partial charge in [-0.3, -0.25) is 9.59 Å². The molecule has 2 aliphatic heterocycles. The Bertz CT molecular complexity index is 5150. The summed E-state index contributed by atoms with van der Waals surface area (Å²) in [6.45, 7) is 5.18. The molecule has 0 spiro atoms. The Balaban J connectivity index is 0.000000153. The minimum Gasteiger partial charge on any atom is -0.495 e. The van der Waals surface area contributed by atoms with Gasteiger partial charge in [-0.05, 0) is 192 Å². The van der Waals surface area contributed by atoms with E-state index in [2.05, 4.69) is 35.6 Å². The summed E-state index contributed by atoms with van der Waals surface area (Å²) >= 11 is 23.8. The first-order valence-corrected chi connectivity index (χ1v) is 45.0. The number of thiophene rings is 3. The second kappa shape index (κ2) is 36.7. The van der Waals surface area contributed by atoms with Gasteiger partial charge in [0.25, 0.3) is 0 Å². The van der Waals surface area contributed by atoms with Gasteiger partial charge in [0.05, 0.1) is 71.0 Å². The van der Waals surface area contributed by atoms with Crippen molar-refractivity contribution in [1.82, 2.24) is 43.2 Å². The Morgan fingerprint density at radius 2 is 0.872 bits per heavy atom. The third-order valence-electron chi connectivity index (χ3n) is 19.9. The summed E-state index contributed by atoms with van der Waals surface area (Å²) in [5, 5.41) is 24.0. The van der Waals surface area contributed by atoms with Gasteiger partial charge in [0.2, 0.25) is 30.1 Å². The van der Waals surface area contributed by atoms with Crippen LogP contribution in [0.4, 0.5) is 17.5 Å². The molecule has 5 aliphatic rings. The number of fused-ring (bicyclic) bond motifs is 9. The smallest absolute Gasteiger partial charge is 0.309 e. The number of nitrogens with one attached hydrogen (secondary N) is 4. The van der Waals surface area contributed by atoms with Crippen LogP contribution in [0.15, 0.2) is 54.6 Å². The molecule has 3 aromatic carbocycles. The zero-order chi connectivity index (χ0) is 77.2. The maximum Gasteiger partial charge on any atom is 0.309 e. The first-order valence-electron chi connectivity index (χ1n) is 36.6. The maximum absolute atomic E-state index is 13.4. The summed E-state index contributed by atoms with van der Waals surface area (Å²) in [5.74, 6) is 1.76.